The van der Waals surface area contributed by atoms with E-state index in [4.69, 9.17) is 4.74 Å². The molecule has 0 atom stereocenters. The smallest absolute Gasteiger partial charge is 0.314 e. The fourth-order valence-corrected chi connectivity index (χ4v) is 2.59. The maximum atomic E-state index is 11.9. The van der Waals surface area contributed by atoms with Crippen molar-refractivity contribution in [1.82, 2.24) is 0 Å². The number of benzene rings is 1. The van der Waals surface area contributed by atoms with E-state index < -0.39 is 0 Å². The Balaban J connectivity index is 2.08. The number of aryl methyl sites for hydroxylation is 2. The molecule has 0 amide bonds. The monoisotopic (exact) mass is 246 g/mol. The van der Waals surface area contributed by atoms with Gasteiger partial charge in [-0.15, -0.1) is 0 Å². The third-order valence-electron chi connectivity index (χ3n) is 3.86. The molecule has 18 heavy (non-hydrogen) atoms. The molecule has 0 bridgehead atoms. The zero-order valence-corrected chi connectivity index (χ0v) is 11.4. The SMILES string of the molecule is CCC(CC)C(=O)Oc1ccc2c(c1)CCCC2. The van der Waals surface area contributed by atoms with Gasteiger partial charge in [0.05, 0.1) is 5.92 Å². The molecule has 1 aliphatic rings. The molecule has 2 heteroatoms. The van der Waals surface area contributed by atoms with E-state index in [-0.39, 0.29) is 11.9 Å². The van der Waals surface area contributed by atoms with Crippen molar-refractivity contribution in [3.63, 3.8) is 0 Å². The minimum atomic E-state index is -0.0873. The molecule has 1 aliphatic carbocycles. The summed E-state index contributed by atoms with van der Waals surface area (Å²) < 4.78 is 5.49. The predicted octanol–water partition coefficient (Wildman–Crippen LogP) is 3.91. The van der Waals surface area contributed by atoms with Gasteiger partial charge in [0.2, 0.25) is 0 Å². The second kappa shape index (κ2) is 6.03. The van der Waals surface area contributed by atoms with E-state index in [2.05, 4.69) is 12.1 Å². The zero-order valence-electron chi connectivity index (χ0n) is 11.4. The Bertz CT molecular complexity index is 419. The van der Waals surface area contributed by atoms with Gasteiger partial charge in [-0.1, -0.05) is 19.9 Å². The van der Waals surface area contributed by atoms with Crippen LogP contribution in [-0.4, -0.2) is 5.97 Å². The van der Waals surface area contributed by atoms with Crippen LogP contribution < -0.4 is 4.74 Å². The maximum absolute atomic E-state index is 11.9. The summed E-state index contributed by atoms with van der Waals surface area (Å²) in [5.74, 6) is 0.657. The fourth-order valence-electron chi connectivity index (χ4n) is 2.59. The molecule has 0 radical (unpaired) electrons. The normalized spacial score (nSPS) is 14.4. The lowest BCUT2D eigenvalue weighted by Crippen LogP contribution is -2.19. The topological polar surface area (TPSA) is 26.3 Å². The summed E-state index contributed by atoms with van der Waals surface area (Å²) in [6.07, 6.45) is 6.50. The van der Waals surface area contributed by atoms with Crippen LogP contribution in [0, 0.1) is 5.92 Å². The van der Waals surface area contributed by atoms with Crippen LogP contribution in [0.4, 0.5) is 0 Å². The van der Waals surface area contributed by atoms with Gasteiger partial charge in [0.15, 0.2) is 0 Å². The summed E-state index contributed by atoms with van der Waals surface area (Å²) in [7, 11) is 0. The molecule has 98 valence electrons. The molecule has 0 saturated carbocycles. The molecule has 2 rings (SSSR count). The second-order valence-electron chi connectivity index (χ2n) is 5.07. The van der Waals surface area contributed by atoms with E-state index >= 15 is 0 Å². The van der Waals surface area contributed by atoms with Crippen molar-refractivity contribution in [2.45, 2.75) is 52.4 Å². The molecule has 1 aromatic carbocycles. The molecule has 2 nitrogen and oxygen atoms in total. The first-order valence-corrected chi connectivity index (χ1v) is 7.08. The number of carbonyl (C=O) groups excluding carboxylic acids is 1. The number of hydrogen-bond donors (Lipinski definition) is 0. The highest BCUT2D eigenvalue weighted by Gasteiger charge is 2.17. The fraction of sp³-hybridized carbons (Fsp3) is 0.562. The van der Waals surface area contributed by atoms with Gasteiger partial charge >= 0.3 is 5.97 Å². The van der Waals surface area contributed by atoms with Gasteiger partial charge in [-0.3, -0.25) is 4.79 Å². The molecule has 0 heterocycles. The Kier molecular flexibility index (Phi) is 4.40. The van der Waals surface area contributed by atoms with Crippen molar-refractivity contribution < 1.29 is 9.53 Å². The maximum Gasteiger partial charge on any atom is 0.314 e. The molecule has 0 unspecified atom stereocenters. The van der Waals surface area contributed by atoms with E-state index in [0.29, 0.717) is 5.75 Å². The summed E-state index contributed by atoms with van der Waals surface area (Å²) in [6, 6.07) is 6.10. The van der Waals surface area contributed by atoms with E-state index in [9.17, 15) is 4.79 Å². The first kappa shape index (κ1) is 13.1. The van der Waals surface area contributed by atoms with E-state index in [1.807, 2.05) is 19.9 Å². The van der Waals surface area contributed by atoms with Crippen LogP contribution in [0.25, 0.3) is 0 Å². The molecule has 0 saturated heterocycles. The lowest BCUT2D eigenvalue weighted by Gasteiger charge is -2.17. The number of fused-ring (bicyclic) bond motifs is 1. The largest absolute Gasteiger partial charge is 0.426 e. The summed E-state index contributed by atoms with van der Waals surface area (Å²) in [5, 5.41) is 0. The minimum Gasteiger partial charge on any atom is -0.426 e. The molecule has 0 spiro atoms. The van der Waals surface area contributed by atoms with Crippen molar-refractivity contribution in [2.24, 2.45) is 5.92 Å². The van der Waals surface area contributed by atoms with Gasteiger partial charge < -0.3 is 4.74 Å². The Labute approximate surface area is 109 Å². The first-order chi connectivity index (χ1) is 8.74. The molecule has 0 aliphatic heterocycles. The van der Waals surface area contributed by atoms with Crippen LogP contribution in [0.5, 0.6) is 5.75 Å². The Morgan fingerprint density at radius 1 is 1.17 bits per heavy atom. The lowest BCUT2D eigenvalue weighted by molar-refractivity contribution is -0.139. The van der Waals surface area contributed by atoms with Crippen molar-refractivity contribution in [3.8, 4) is 5.75 Å². The average Bonchev–Trinajstić information content (AvgIpc) is 2.40. The van der Waals surface area contributed by atoms with Gasteiger partial charge in [0.25, 0.3) is 0 Å². The van der Waals surface area contributed by atoms with Crippen molar-refractivity contribution in [1.29, 1.82) is 0 Å². The van der Waals surface area contributed by atoms with Crippen molar-refractivity contribution in [2.75, 3.05) is 0 Å². The predicted molar refractivity (Wildman–Crippen MR) is 72.8 cm³/mol. The van der Waals surface area contributed by atoms with Gasteiger partial charge in [0.1, 0.15) is 5.75 Å². The van der Waals surface area contributed by atoms with E-state index in [1.54, 1.807) is 0 Å². The summed E-state index contributed by atoms with van der Waals surface area (Å²) in [6.45, 7) is 4.06. The first-order valence-electron chi connectivity index (χ1n) is 7.08. The Morgan fingerprint density at radius 3 is 2.50 bits per heavy atom. The van der Waals surface area contributed by atoms with Crippen LogP contribution >= 0.6 is 0 Å². The zero-order chi connectivity index (χ0) is 13.0. The average molecular weight is 246 g/mol. The number of hydrogen-bond acceptors (Lipinski definition) is 2. The number of esters is 1. The molecular formula is C16H22O2. The molecule has 0 N–H and O–H groups in total. The quantitative estimate of drug-likeness (QED) is 0.595. The van der Waals surface area contributed by atoms with Crippen LogP contribution in [0.1, 0.15) is 50.7 Å². The lowest BCUT2D eigenvalue weighted by atomic mass is 9.92. The number of rotatable bonds is 4. The van der Waals surface area contributed by atoms with Gasteiger partial charge in [-0.05, 0) is 61.8 Å². The third-order valence-corrected chi connectivity index (χ3v) is 3.86. The van der Waals surface area contributed by atoms with E-state index in [0.717, 1.165) is 25.7 Å². The molecule has 0 fully saturated rings. The second-order valence-corrected chi connectivity index (χ2v) is 5.07. The summed E-state index contributed by atoms with van der Waals surface area (Å²) >= 11 is 0. The Hall–Kier alpha value is -1.31. The van der Waals surface area contributed by atoms with Crippen LogP contribution in [0.2, 0.25) is 0 Å². The molecule has 0 aromatic heterocycles. The third kappa shape index (κ3) is 2.92. The van der Waals surface area contributed by atoms with Crippen LogP contribution in [-0.2, 0) is 17.6 Å². The summed E-state index contributed by atoms with van der Waals surface area (Å²) in [4.78, 5) is 11.9. The molecular weight excluding hydrogens is 224 g/mol. The highest BCUT2D eigenvalue weighted by molar-refractivity contribution is 5.75. The van der Waals surface area contributed by atoms with Crippen LogP contribution in [0.15, 0.2) is 18.2 Å². The standard InChI is InChI=1S/C16H22O2/c1-3-12(4-2)16(17)18-15-10-9-13-7-5-6-8-14(13)11-15/h9-12H,3-8H2,1-2H3. The van der Waals surface area contributed by atoms with Crippen LogP contribution in [0.3, 0.4) is 0 Å². The van der Waals surface area contributed by atoms with Crippen molar-refractivity contribution >= 4 is 5.97 Å². The molecule has 1 aromatic rings. The summed E-state index contributed by atoms with van der Waals surface area (Å²) in [5.41, 5.74) is 2.78. The minimum absolute atomic E-state index is 0.0287. The van der Waals surface area contributed by atoms with E-state index in [1.165, 1.54) is 24.0 Å². The Morgan fingerprint density at radius 2 is 1.83 bits per heavy atom. The highest BCUT2D eigenvalue weighted by atomic mass is 16.5. The number of carbonyl (C=O) groups is 1. The van der Waals surface area contributed by atoms with Gasteiger partial charge in [-0.25, -0.2) is 0 Å². The number of ether oxygens (including phenoxy) is 1. The van der Waals surface area contributed by atoms with Gasteiger partial charge in [0, 0.05) is 0 Å². The van der Waals surface area contributed by atoms with Crippen molar-refractivity contribution in [3.05, 3.63) is 29.3 Å². The highest BCUT2D eigenvalue weighted by Crippen LogP contribution is 2.26. The van der Waals surface area contributed by atoms with Gasteiger partial charge in [-0.2, -0.15) is 0 Å².